The molecule has 0 radical (unpaired) electrons. The van der Waals surface area contributed by atoms with E-state index in [1.165, 1.54) is 0 Å². The van der Waals surface area contributed by atoms with Crippen molar-refractivity contribution in [2.24, 2.45) is 5.73 Å². The first-order valence-electron chi connectivity index (χ1n) is 3.39. The third-order valence-electron chi connectivity index (χ3n) is 1.45. The molecule has 1 aromatic heterocycles. The van der Waals surface area contributed by atoms with Crippen LogP contribution in [0.25, 0.3) is 0 Å². The Morgan fingerprint density at radius 1 is 1.50 bits per heavy atom. The molecule has 78 valence electrons. The smallest absolute Gasteiger partial charge is 0.404 e. The van der Waals surface area contributed by atoms with Crippen LogP contribution in [0.4, 0.5) is 19.1 Å². The predicted octanol–water partition coefficient (Wildman–Crippen LogP) is 1.75. The van der Waals surface area contributed by atoms with E-state index in [0.717, 1.165) is 12.1 Å². The van der Waals surface area contributed by atoms with Gasteiger partial charge in [0.15, 0.2) is 6.04 Å². The number of hydrogen-bond donors (Lipinski definition) is 1. The highest BCUT2D eigenvalue weighted by Crippen LogP contribution is 2.32. The molecule has 0 fully saturated rings. The van der Waals surface area contributed by atoms with Crippen molar-refractivity contribution in [3.8, 4) is 0 Å². The van der Waals surface area contributed by atoms with Crippen LogP contribution < -0.4 is 5.73 Å². The minimum absolute atomic E-state index is 0.677. The molecule has 0 amide bonds. The van der Waals surface area contributed by atoms with Gasteiger partial charge in [-0.05, 0) is 6.07 Å². The molecule has 0 aromatic carbocycles. The molecule has 5 nitrogen and oxygen atoms in total. The van der Waals surface area contributed by atoms with E-state index in [-0.39, 0.29) is 0 Å². The van der Waals surface area contributed by atoms with E-state index in [9.17, 15) is 23.3 Å². The summed E-state index contributed by atoms with van der Waals surface area (Å²) in [5, 5.41) is 10.1. The van der Waals surface area contributed by atoms with Gasteiger partial charge >= 0.3 is 12.1 Å². The van der Waals surface area contributed by atoms with Gasteiger partial charge in [-0.3, -0.25) is 10.1 Å². The van der Waals surface area contributed by atoms with E-state index in [2.05, 4.69) is 4.42 Å². The lowest BCUT2D eigenvalue weighted by atomic mass is 10.2. The van der Waals surface area contributed by atoms with E-state index < -0.39 is 28.8 Å². The summed E-state index contributed by atoms with van der Waals surface area (Å²) in [5.74, 6) is -1.44. The molecule has 0 spiro atoms. The Labute approximate surface area is 75.4 Å². The van der Waals surface area contributed by atoms with Crippen LogP contribution in [0.3, 0.4) is 0 Å². The van der Waals surface area contributed by atoms with Gasteiger partial charge in [0.1, 0.15) is 10.7 Å². The summed E-state index contributed by atoms with van der Waals surface area (Å²) in [4.78, 5) is 9.14. The van der Waals surface area contributed by atoms with Crippen molar-refractivity contribution in [2.75, 3.05) is 0 Å². The maximum Gasteiger partial charge on any atom is 0.433 e. The van der Waals surface area contributed by atoms with Crippen molar-refractivity contribution in [1.29, 1.82) is 0 Å². The Balaban J connectivity index is 2.92. The predicted molar refractivity (Wildman–Crippen MR) is 38.3 cm³/mol. The molecular formula is C6H5F3N2O3. The second kappa shape index (κ2) is 3.29. The molecule has 0 aliphatic rings. The van der Waals surface area contributed by atoms with E-state index in [1.807, 2.05) is 0 Å². The number of alkyl halides is 3. The highest BCUT2D eigenvalue weighted by molar-refractivity contribution is 5.20. The maximum absolute atomic E-state index is 12.0. The SMILES string of the molecule is NC(c1ccc([N+](=O)[O-])o1)C(F)(F)F. The Morgan fingerprint density at radius 2 is 2.07 bits per heavy atom. The third kappa shape index (κ3) is 2.02. The van der Waals surface area contributed by atoms with Gasteiger partial charge in [-0.1, -0.05) is 0 Å². The van der Waals surface area contributed by atoms with E-state index >= 15 is 0 Å². The van der Waals surface area contributed by atoms with E-state index in [4.69, 9.17) is 5.73 Å². The largest absolute Gasteiger partial charge is 0.433 e. The quantitative estimate of drug-likeness (QED) is 0.595. The molecule has 8 heteroatoms. The summed E-state index contributed by atoms with van der Waals surface area (Å²) in [6.07, 6.45) is -4.67. The first kappa shape index (κ1) is 10.5. The number of nitro groups is 1. The maximum atomic E-state index is 12.0. The van der Waals surface area contributed by atoms with Crippen LogP contribution in [-0.4, -0.2) is 11.1 Å². The van der Waals surface area contributed by atoms with Crippen LogP contribution in [0, 0.1) is 10.1 Å². The van der Waals surface area contributed by atoms with Crippen molar-refractivity contribution < 1.29 is 22.5 Å². The Kier molecular flexibility index (Phi) is 2.47. The Hall–Kier alpha value is -1.57. The fourth-order valence-corrected chi connectivity index (χ4v) is 0.769. The monoisotopic (exact) mass is 210 g/mol. The zero-order valence-electron chi connectivity index (χ0n) is 6.62. The molecule has 1 aromatic rings. The second-order valence-electron chi connectivity index (χ2n) is 2.45. The van der Waals surface area contributed by atoms with Gasteiger partial charge in [0.2, 0.25) is 0 Å². The van der Waals surface area contributed by atoms with Gasteiger partial charge in [-0.15, -0.1) is 0 Å². The minimum Gasteiger partial charge on any atom is -0.404 e. The number of halogens is 3. The van der Waals surface area contributed by atoms with Crippen LogP contribution in [0.15, 0.2) is 16.5 Å². The molecule has 0 saturated carbocycles. The lowest BCUT2D eigenvalue weighted by Gasteiger charge is -2.11. The highest BCUT2D eigenvalue weighted by Gasteiger charge is 2.40. The van der Waals surface area contributed by atoms with Gasteiger partial charge in [-0.25, -0.2) is 0 Å². The first-order chi connectivity index (χ1) is 6.32. The van der Waals surface area contributed by atoms with Crippen molar-refractivity contribution >= 4 is 5.88 Å². The summed E-state index contributed by atoms with van der Waals surface area (Å²) in [5.41, 5.74) is 4.74. The molecule has 0 bridgehead atoms. The Morgan fingerprint density at radius 3 is 2.43 bits per heavy atom. The van der Waals surface area contributed by atoms with E-state index in [0.29, 0.717) is 0 Å². The third-order valence-corrected chi connectivity index (χ3v) is 1.45. The number of furan rings is 1. The fourth-order valence-electron chi connectivity index (χ4n) is 0.769. The van der Waals surface area contributed by atoms with E-state index in [1.54, 1.807) is 0 Å². The molecule has 0 aliphatic carbocycles. The Bertz CT molecular complexity index is 346. The van der Waals surface area contributed by atoms with Gasteiger partial charge in [-0.2, -0.15) is 13.2 Å². The summed E-state index contributed by atoms with van der Waals surface area (Å²) in [6, 6.07) is -0.687. The van der Waals surface area contributed by atoms with Gasteiger partial charge in [0.05, 0.1) is 6.07 Å². The average Bonchev–Trinajstić information content (AvgIpc) is 2.48. The van der Waals surface area contributed by atoms with Crippen molar-refractivity contribution in [3.05, 3.63) is 28.0 Å². The molecule has 1 heterocycles. The second-order valence-corrected chi connectivity index (χ2v) is 2.45. The van der Waals surface area contributed by atoms with Crippen LogP contribution in [0.1, 0.15) is 11.8 Å². The van der Waals surface area contributed by atoms with Gasteiger partial charge < -0.3 is 10.2 Å². The number of nitrogens with zero attached hydrogens (tertiary/aromatic N) is 1. The lowest BCUT2D eigenvalue weighted by molar-refractivity contribution is -0.402. The summed E-state index contributed by atoms with van der Waals surface area (Å²) < 4.78 is 40.3. The van der Waals surface area contributed by atoms with Gasteiger partial charge in [0, 0.05) is 0 Å². The molecule has 2 N–H and O–H groups in total. The molecule has 0 aliphatic heterocycles. The summed E-state index contributed by atoms with van der Waals surface area (Å²) in [7, 11) is 0. The number of hydrogen-bond acceptors (Lipinski definition) is 4. The molecule has 1 rings (SSSR count). The minimum atomic E-state index is -4.67. The van der Waals surface area contributed by atoms with Crippen molar-refractivity contribution in [1.82, 2.24) is 0 Å². The molecule has 0 saturated heterocycles. The average molecular weight is 210 g/mol. The number of nitrogens with two attached hydrogens (primary N) is 1. The normalized spacial score (nSPS) is 14.0. The van der Waals surface area contributed by atoms with Crippen LogP contribution >= 0.6 is 0 Å². The number of rotatable bonds is 2. The fraction of sp³-hybridized carbons (Fsp3) is 0.333. The van der Waals surface area contributed by atoms with Crippen LogP contribution in [0.5, 0.6) is 0 Å². The molecule has 14 heavy (non-hydrogen) atoms. The highest BCUT2D eigenvalue weighted by atomic mass is 19.4. The summed E-state index contributed by atoms with van der Waals surface area (Å²) in [6.45, 7) is 0. The molecule has 1 unspecified atom stereocenters. The standard InChI is InChI=1S/C6H5F3N2O3/c7-6(8,9)5(10)3-1-2-4(14-3)11(12)13/h1-2,5H,10H2. The van der Waals surface area contributed by atoms with Crippen LogP contribution in [-0.2, 0) is 0 Å². The van der Waals surface area contributed by atoms with Gasteiger partial charge in [0.25, 0.3) is 0 Å². The van der Waals surface area contributed by atoms with Crippen LogP contribution in [0.2, 0.25) is 0 Å². The zero-order valence-corrected chi connectivity index (χ0v) is 6.62. The molecular weight excluding hydrogens is 205 g/mol. The zero-order chi connectivity index (χ0) is 10.9. The van der Waals surface area contributed by atoms with Crippen molar-refractivity contribution in [3.63, 3.8) is 0 Å². The first-order valence-corrected chi connectivity index (χ1v) is 3.39. The lowest BCUT2D eigenvalue weighted by Crippen LogP contribution is -2.27. The summed E-state index contributed by atoms with van der Waals surface area (Å²) >= 11 is 0. The van der Waals surface area contributed by atoms with Crippen molar-refractivity contribution in [2.45, 2.75) is 12.2 Å². The topological polar surface area (TPSA) is 82.3 Å². The molecule has 1 atom stereocenters.